The standard InChI is InChI=1S/C9H6BrClN2O/c1-6-2-3-7(13-9(10)11)4-8(6)12-5-14/h2-4H,1H3. The maximum atomic E-state index is 10.1. The molecule has 0 aliphatic rings. The normalized spacial score (nSPS) is 10.9. The Morgan fingerprint density at radius 2 is 2.29 bits per heavy atom. The van der Waals surface area contributed by atoms with Gasteiger partial charge in [0, 0.05) is 0 Å². The second-order valence-corrected chi connectivity index (χ2v) is 4.09. The molecule has 1 aromatic carbocycles. The number of aryl methyl sites for hydroxylation is 1. The Balaban J connectivity index is 3.19. The second-order valence-electron chi connectivity index (χ2n) is 2.53. The predicted octanol–water partition coefficient (Wildman–Crippen LogP) is 3.58. The van der Waals surface area contributed by atoms with Crippen LogP contribution in [0.3, 0.4) is 0 Å². The minimum Gasteiger partial charge on any atom is -0.229 e. The van der Waals surface area contributed by atoms with Crippen LogP contribution in [-0.4, -0.2) is 10.2 Å². The number of rotatable bonds is 2. The molecule has 0 fully saturated rings. The summed E-state index contributed by atoms with van der Waals surface area (Å²) in [5.74, 6) is 0. The molecule has 1 aromatic rings. The number of benzene rings is 1. The van der Waals surface area contributed by atoms with Crippen LogP contribution in [0.5, 0.6) is 0 Å². The molecule has 14 heavy (non-hydrogen) atoms. The van der Waals surface area contributed by atoms with Crippen molar-refractivity contribution in [2.75, 3.05) is 0 Å². The van der Waals surface area contributed by atoms with Crippen LogP contribution >= 0.6 is 27.5 Å². The van der Waals surface area contributed by atoms with E-state index in [2.05, 4.69) is 25.9 Å². The van der Waals surface area contributed by atoms with E-state index in [-0.39, 0.29) is 4.08 Å². The van der Waals surface area contributed by atoms with Gasteiger partial charge in [-0.05, 0) is 40.5 Å². The monoisotopic (exact) mass is 272 g/mol. The van der Waals surface area contributed by atoms with Crippen LogP contribution in [0.25, 0.3) is 0 Å². The zero-order valence-electron chi connectivity index (χ0n) is 7.29. The fourth-order valence-corrected chi connectivity index (χ4v) is 1.24. The van der Waals surface area contributed by atoms with Crippen molar-refractivity contribution in [2.24, 2.45) is 9.98 Å². The van der Waals surface area contributed by atoms with E-state index in [1.807, 2.05) is 13.0 Å². The van der Waals surface area contributed by atoms with Crippen LogP contribution in [-0.2, 0) is 4.79 Å². The first kappa shape index (κ1) is 11.1. The number of hydrogen-bond donors (Lipinski definition) is 0. The Morgan fingerprint density at radius 3 is 2.86 bits per heavy atom. The highest BCUT2D eigenvalue weighted by atomic mass is 79.9. The largest absolute Gasteiger partial charge is 0.240 e. The summed E-state index contributed by atoms with van der Waals surface area (Å²) in [7, 11) is 0. The first-order chi connectivity index (χ1) is 6.63. The molecule has 0 atom stereocenters. The number of isocyanates is 1. The molecule has 0 aromatic heterocycles. The molecule has 0 bridgehead atoms. The lowest BCUT2D eigenvalue weighted by atomic mass is 10.2. The second kappa shape index (κ2) is 5.05. The maximum Gasteiger partial charge on any atom is 0.240 e. The van der Waals surface area contributed by atoms with Crippen LogP contribution in [0.1, 0.15) is 5.56 Å². The van der Waals surface area contributed by atoms with Gasteiger partial charge in [-0.2, -0.15) is 4.99 Å². The van der Waals surface area contributed by atoms with Crippen LogP contribution in [0.2, 0.25) is 0 Å². The molecular weight excluding hydrogens is 267 g/mol. The van der Waals surface area contributed by atoms with Gasteiger partial charge in [0.1, 0.15) is 0 Å². The van der Waals surface area contributed by atoms with E-state index in [9.17, 15) is 4.79 Å². The summed E-state index contributed by atoms with van der Waals surface area (Å²) in [6.07, 6.45) is 1.49. The van der Waals surface area contributed by atoms with Gasteiger partial charge in [0.15, 0.2) is 4.08 Å². The van der Waals surface area contributed by atoms with Gasteiger partial charge in [-0.25, -0.2) is 9.79 Å². The van der Waals surface area contributed by atoms with Crippen molar-refractivity contribution >= 4 is 49.1 Å². The molecule has 0 aliphatic heterocycles. The Kier molecular flexibility index (Phi) is 4.01. The molecule has 5 heteroatoms. The number of nitrogens with zero attached hydrogens (tertiary/aromatic N) is 2. The third-order valence-electron chi connectivity index (χ3n) is 1.57. The van der Waals surface area contributed by atoms with Gasteiger partial charge < -0.3 is 0 Å². The summed E-state index contributed by atoms with van der Waals surface area (Å²) in [4.78, 5) is 17.6. The summed E-state index contributed by atoms with van der Waals surface area (Å²) < 4.78 is 0.252. The minimum absolute atomic E-state index is 0.252. The van der Waals surface area contributed by atoms with E-state index in [1.54, 1.807) is 12.1 Å². The molecular formula is C9H6BrClN2O. The van der Waals surface area contributed by atoms with E-state index in [1.165, 1.54) is 6.08 Å². The van der Waals surface area contributed by atoms with E-state index in [0.29, 0.717) is 11.4 Å². The van der Waals surface area contributed by atoms with Crippen molar-refractivity contribution in [3.8, 4) is 0 Å². The van der Waals surface area contributed by atoms with Crippen LogP contribution in [0.15, 0.2) is 28.2 Å². The molecule has 0 aliphatic carbocycles. The molecule has 0 saturated heterocycles. The van der Waals surface area contributed by atoms with Crippen molar-refractivity contribution in [3.05, 3.63) is 23.8 Å². The lowest BCUT2D eigenvalue weighted by Crippen LogP contribution is -1.75. The van der Waals surface area contributed by atoms with Gasteiger partial charge in [-0.15, -0.1) is 0 Å². The smallest absolute Gasteiger partial charge is 0.229 e. The summed E-state index contributed by atoms with van der Waals surface area (Å²) in [6, 6.07) is 5.24. The number of aliphatic imine (C=N–C) groups is 2. The highest BCUT2D eigenvalue weighted by molar-refractivity contribution is 9.19. The Hall–Kier alpha value is -0.960. The summed E-state index contributed by atoms with van der Waals surface area (Å²) in [5, 5.41) is 0. The maximum absolute atomic E-state index is 10.1. The van der Waals surface area contributed by atoms with E-state index in [4.69, 9.17) is 11.6 Å². The van der Waals surface area contributed by atoms with Crippen molar-refractivity contribution in [1.29, 1.82) is 0 Å². The minimum atomic E-state index is 0.252. The third kappa shape index (κ3) is 3.07. The first-order valence-electron chi connectivity index (χ1n) is 3.71. The van der Waals surface area contributed by atoms with Crippen molar-refractivity contribution in [1.82, 2.24) is 0 Å². The van der Waals surface area contributed by atoms with Crippen molar-refractivity contribution in [2.45, 2.75) is 6.92 Å². The third-order valence-corrected chi connectivity index (χ3v) is 1.83. The van der Waals surface area contributed by atoms with Gasteiger partial charge in [-0.3, -0.25) is 0 Å². The topological polar surface area (TPSA) is 41.8 Å². The van der Waals surface area contributed by atoms with Crippen molar-refractivity contribution < 1.29 is 4.79 Å². The average molecular weight is 274 g/mol. The fourth-order valence-electron chi connectivity index (χ4n) is 0.935. The number of hydrogen-bond acceptors (Lipinski definition) is 3. The van der Waals surface area contributed by atoms with Crippen LogP contribution in [0.4, 0.5) is 11.4 Å². The predicted molar refractivity (Wildman–Crippen MR) is 60.8 cm³/mol. The summed E-state index contributed by atoms with van der Waals surface area (Å²) in [6.45, 7) is 1.85. The van der Waals surface area contributed by atoms with Gasteiger partial charge in [0.05, 0.1) is 11.4 Å². The number of carbonyl (C=O) groups excluding carboxylic acids is 1. The van der Waals surface area contributed by atoms with E-state index in [0.717, 1.165) is 5.56 Å². The molecule has 0 heterocycles. The SMILES string of the molecule is Cc1ccc(N=C(Cl)Br)cc1N=C=O. The molecule has 0 N–H and O–H groups in total. The zero-order valence-corrected chi connectivity index (χ0v) is 9.63. The summed E-state index contributed by atoms with van der Waals surface area (Å²) in [5.41, 5.74) is 2.07. The Morgan fingerprint density at radius 1 is 1.57 bits per heavy atom. The fraction of sp³-hybridized carbons (Fsp3) is 0.111. The summed E-state index contributed by atoms with van der Waals surface area (Å²) >= 11 is 8.54. The Labute approximate surface area is 94.6 Å². The lowest BCUT2D eigenvalue weighted by Gasteiger charge is -1.99. The molecule has 3 nitrogen and oxygen atoms in total. The quantitative estimate of drug-likeness (QED) is 0.600. The Bertz CT molecular complexity index is 421. The first-order valence-corrected chi connectivity index (χ1v) is 4.89. The van der Waals surface area contributed by atoms with Gasteiger partial charge in [-0.1, -0.05) is 17.7 Å². The molecule has 0 radical (unpaired) electrons. The van der Waals surface area contributed by atoms with Gasteiger partial charge in [0.25, 0.3) is 0 Å². The molecule has 0 spiro atoms. The van der Waals surface area contributed by atoms with Crippen LogP contribution in [0, 0.1) is 6.92 Å². The van der Waals surface area contributed by atoms with E-state index >= 15 is 0 Å². The highest BCUT2D eigenvalue weighted by Crippen LogP contribution is 2.25. The molecule has 0 unspecified atom stereocenters. The van der Waals surface area contributed by atoms with E-state index < -0.39 is 0 Å². The lowest BCUT2D eigenvalue weighted by molar-refractivity contribution is 0.565. The molecule has 72 valence electrons. The van der Waals surface area contributed by atoms with Gasteiger partial charge >= 0.3 is 0 Å². The average Bonchev–Trinajstić information content (AvgIpc) is 2.10. The molecule has 1 rings (SSSR count). The number of halogens is 2. The van der Waals surface area contributed by atoms with Gasteiger partial charge in [0.2, 0.25) is 6.08 Å². The van der Waals surface area contributed by atoms with Crippen LogP contribution < -0.4 is 0 Å². The molecule has 0 amide bonds. The molecule has 0 saturated carbocycles. The highest BCUT2D eigenvalue weighted by Gasteiger charge is 1.98. The zero-order chi connectivity index (χ0) is 10.6. The van der Waals surface area contributed by atoms with Crippen molar-refractivity contribution in [3.63, 3.8) is 0 Å².